The topological polar surface area (TPSA) is 87.2 Å². The molecule has 0 N–H and O–H groups in total. The first-order chi connectivity index (χ1) is 21.1. The largest absolute Gasteiger partial charge is 0.573 e. The van der Waals surface area contributed by atoms with Crippen molar-refractivity contribution in [2.75, 3.05) is 6.26 Å². The number of oxazole rings is 1. The number of ether oxygens (including phenoxy) is 1. The van der Waals surface area contributed by atoms with Gasteiger partial charge in [0, 0.05) is 35.9 Å². The number of aromatic nitrogens is 3. The van der Waals surface area contributed by atoms with Crippen molar-refractivity contribution in [3.8, 4) is 45.1 Å². The summed E-state index contributed by atoms with van der Waals surface area (Å²) in [6.07, 6.45) is -7.14. The van der Waals surface area contributed by atoms with E-state index in [9.17, 15) is 34.8 Å². The Kier molecular flexibility index (Phi) is 7.30. The molecule has 7 nitrogen and oxygen atoms in total. The van der Waals surface area contributed by atoms with Crippen LogP contribution >= 0.6 is 0 Å². The normalized spacial score (nSPS) is 14.1. The van der Waals surface area contributed by atoms with Gasteiger partial charge in [0.15, 0.2) is 27.2 Å². The van der Waals surface area contributed by atoms with Crippen LogP contribution in [0.2, 0.25) is 0 Å². The van der Waals surface area contributed by atoms with E-state index in [1.54, 1.807) is 37.3 Å². The maximum atomic E-state index is 13.8. The number of rotatable bonds is 7. The summed E-state index contributed by atoms with van der Waals surface area (Å²) in [7, 11) is -3.55. The minimum atomic E-state index is -4.89. The fraction of sp³-hybridized carbons (Fsp3) is 0.226. The molecule has 0 atom stereocenters. The number of hydrogen-bond acceptors (Lipinski definition) is 6. The smallest absolute Gasteiger partial charge is 0.440 e. The zero-order valence-electron chi connectivity index (χ0n) is 23.6. The van der Waals surface area contributed by atoms with Crippen molar-refractivity contribution in [2.24, 2.45) is 0 Å². The number of halogens is 6. The molecule has 0 spiro atoms. The van der Waals surface area contributed by atoms with E-state index in [0.717, 1.165) is 24.5 Å². The molecule has 1 aliphatic rings. The first kappa shape index (κ1) is 30.4. The van der Waals surface area contributed by atoms with Gasteiger partial charge in [0.1, 0.15) is 11.4 Å². The highest BCUT2D eigenvalue weighted by atomic mass is 32.2. The zero-order chi connectivity index (χ0) is 32.3. The van der Waals surface area contributed by atoms with E-state index in [2.05, 4.69) is 14.8 Å². The zero-order valence-corrected chi connectivity index (χ0v) is 24.4. The van der Waals surface area contributed by atoms with Crippen LogP contribution in [0.15, 0.2) is 82.1 Å². The summed E-state index contributed by atoms with van der Waals surface area (Å²) in [5, 5.41) is 3.93. The number of nitrogens with zero attached hydrogens (tertiary/aromatic N) is 3. The summed E-state index contributed by atoms with van der Waals surface area (Å²) in [4.78, 5) is 4.51. The summed E-state index contributed by atoms with van der Waals surface area (Å²) in [6.45, 7) is 1.55. The molecule has 0 radical (unpaired) electrons. The lowest BCUT2D eigenvalue weighted by Gasteiger charge is -2.15. The summed E-state index contributed by atoms with van der Waals surface area (Å²) in [5.74, 6) is -0.278. The van der Waals surface area contributed by atoms with E-state index >= 15 is 0 Å². The van der Waals surface area contributed by atoms with Crippen LogP contribution in [0.1, 0.15) is 36.0 Å². The Morgan fingerprint density at radius 2 is 1.56 bits per heavy atom. The third-order valence-electron chi connectivity index (χ3n) is 7.18. The molecular formula is C31H23F6N3O4S. The first-order valence-corrected chi connectivity index (χ1v) is 15.4. The number of hydrogen-bond donors (Lipinski definition) is 0. The minimum Gasteiger partial charge on any atom is -0.440 e. The predicted molar refractivity (Wildman–Crippen MR) is 151 cm³/mol. The molecule has 6 rings (SSSR count). The Balaban J connectivity index is 1.56. The standard InChI is InChI=1S/C31H23F6N3O4S/c1-17-38-28(19-8-11-22(12-9-19)44-31(35,36)37)29(43-17)24-15-21(20-4-3-5-23(14-20)45(2,41)42)10-13-25(24)40-26(18-6-7-18)16-27(39-40)30(32,33)34/h3-5,8-16,18H,6-7H2,1-2H3. The summed E-state index contributed by atoms with van der Waals surface area (Å²) < 4.78 is 115. The van der Waals surface area contributed by atoms with Crippen molar-refractivity contribution < 1.29 is 43.9 Å². The van der Waals surface area contributed by atoms with Crippen molar-refractivity contribution in [1.82, 2.24) is 14.8 Å². The third-order valence-corrected chi connectivity index (χ3v) is 8.29. The van der Waals surface area contributed by atoms with Crippen LogP contribution in [0, 0.1) is 6.92 Å². The Morgan fingerprint density at radius 1 is 0.889 bits per heavy atom. The fourth-order valence-electron chi connectivity index (χ4n) is 5.01. The van der Waals surface area contributed by atoms with Crippen molar-refractivity contribution >= 4 is 9.84 Å². The predicted octanol–water partition coefficient (Wildman–Crippen LogP) is 8.37. The Morgan fingerprint density at radius 3 is 2.18 bits per heavy atom. The molecule has 2 heterocycles. The van der Waals surface area contributed by atoms with Gasteiger partial charge < -0.3 is 9.15 Å². The van der Waals surface area contributed by atoms with Gasteiger partial charge in [0.2, 0.25) is 0 Å². The van der Waals surface area contributed by atoms with Gasteiger partial charge >= 0.3 is 12.5 Å². The molecule has 5 aromatic rings. The van der Waals surface area contributed by atoms with Gasteiger partial charge in [0.05, 0.1) is 10.6 Å². The van der Waals surface area contributed by atoms with Crippen LogP contribution in [0.4, 0.5) is 26.3 Å². The van der Waals surface area contributed by atoms with Gasteiger partial charge in [0.25, 0.3) is 0 Å². The second kappa shape index (κ2) is 10.8. The van der Waals surface area contributed by atoms with Crippen molar-refractivity contribution in [3.63, 3.8) is 0 Å². The maximum absolute atomic E-state index is 13.8. The molecule has 2 aromatic heterocycles. The van der Waals surface area contributed by atoms with Gasteiger partial charge in [-0.3, -0.25) is 0 Å². The highest BCUT2D eigenvalue weighted by molar-refractivity contribution is 7.90. The van der Waals surface area contributed by atoms with E-state index in [0.29, 0.717) is 35.2 Å². The second-order valence-electron chi connectivity index (χ2n) is 10.7. The van der Waals surface area contributed by atoms with Crippen LogP contribution in [-0.4, -0.2) is 35.8 Å². The second-order valence-corrected chi connectivity index (χ2v) is 12.7. The van der Waals surface area contributed by atoms with Gasteiger partial charge in [-0.05, 0) is 78.6 Å². The summed E-state index contributed by atoms with van der Waals surface area (Å²) in [6, 6.07) is 17.0. The number of sulfone groups is 1. The highest BCUT2D eigenvalue weighted by Gasteiger charge is 2.39. The summed E-state index contributed by atoms with van der Waals surface area (Å²) >= 11 is 0. The molecule has 0 unspecified atom stereocenters. The molecule has 0 aliphatic heterocycles. The van der Waals surface area contributed by atoms with Crippen LogP contribution in [0.5, 0.6) is 5.75 Å². The van der Waals surface area contributed by atoms with Gasteiger partial charge in [-0.25, -0.2) is 18.1 Å². The first-order valence-electron chi connectivity index (χ1n) is 13.5. The molecule has 234 valence electrons. The van der Waals surface area contributed by atoms with Gasteiger partial charge in [-0.1, -0.05) is 18.2 Å². The third kappa shape index (κ3) is 6.46. The van der Waals surface area contributed by atoms with E-state index in [1.165, 1.54) is 28.9 Å². The minimum absolute atomic E-state index is 0.0703. The Labute approximate surface area is 253 Å². The average Bonchev–Trinajstić information content (AvgIpc) is 3.57. The number of benzene rings is 3. The maximum Gasteiger partial charge on any atom is 0.573 e. The molecule has 45 heavy (non-hydrogen) atoms. The number of alkyl halides is 6. The Hall–Kier alpha value is -4.59. The lowest BCUT2D eigenvalue weighted by atomic mass is 9.98. The van der Waals surface area contributed by atoms with Crippen molar-refractivity contribution in [3.05, 3.63) is 90.1 Å². The summed E-state index contributed by atoms with van der Waals surface area (Å²) in [5.41, 5.74) is 1.42. The van der Waals surface area contributed by atoms with Crippen LogP contribution in [0.3, 0.4) is 0 Å². The molecular weight excluding hydrogens is 624 g/mol. The van der Waals surface area contributed by atoms with E-state index in [-0.39, 0.29) is 39.4 Å². The van der Waals surface area contributed by atoms with E-state index in [4.69, 9.17) is 4.42 Å². The van der Waals surface area contributed by atoms with Crippen LogP contribution in [-0.2, 0) is 16.0 Å². The number of aryl methyl sites for hydroxylation is 1. The highest BCUT2D eigenvalue weighted by Crippen LogP contribution is 2.45. The van der Waals surface area contributed by atoms with Gasteiger partial charge in [-0.15, -0.1) is 13.2 Å². The lowest BCUT2D eigenvalue weighted by Crippen LogP contribution is -2.16. The molecule has 3 aromatic carbocycles. The van der Waals surface area contributed by atoms with Crippen molar-refractivity contribution in [1.29, 1.82) is 0 Å². The van der Waals surface area contributed by atoms with E-state index < -0.39 is 33.8 Å². The molecule has 14 heteroatoms. The monoisotopic (exact) mass is 647 g/mol. The Bertz CT molecular complexity index is 2010. The SMILES string of the molecule is Cc1nc(-c2ccc(OC(F)(F)F)cc2)c(-c2cc(-c3cccc(S(C)(=O)=O)c3)ccc2-n2nc(C(F)(F)F)cc2C2CC2)o1. The van der Waals surface area contributed by atoms with Crippen molar-refractivity contribution in [2.45, 2.75) is 43.1 Å². The molecule has 0 saturated heterocycles. The molecule has 1 fully saturated rings. The van der Waals surface area contributed by atoms with Crippen LogP contribution < -0.4 is 4.74 Å². The average molecular weight is 648 g/mol. The van der Waals surface area contributed by atoms with Crippen LogP contribution in [0.25, 0.3) is 39.4 Å². The quantitative estimate of drug-likeness (QED) is 0.165. The molecule has 0 bridgehead atoms. The molecule has 1 saturated carbocycles. The molecule has 0 amide bonds. The molecule has 1 aliphatic carbocycles. The fourth-order valence-corrected chi connectivity index (χ4v) is 5.67. The van der Waals surface area contributed by atoms with Gasteiger partial charge in [-0.2, -0.15) is 18.3 Å². The lowest BCUT2D eigenvalue weighted by molar-refractivity contribution is -0.274. The van der Waals surface area contributed by atoms with E-state index in [1.807, 2.05) is 0 Å².